The summed E-state index contributed by atoms with van der Waals surface area (Å²) in [7, 11) is 4.55. The van der Waals surface area contributed by atoms with Crippen LogP contribution in [0, 0.1) is 0 Å². The van der Waals surface area contributed by atoms with Crippen LogP contribution in [0.15, 0.2) is 60.7 Å². The molecule has 0 amide bonds. The lowest BCUT2D eigenvalue weighted by atomic mass is 9.73. The van der Waals surface area contributed by atoms with Crippen molar-refractivity contribution in [1.29, 1.82) is 0 Å². The molecule has 0 aromatic heterocycles. The van der Waals surface area contributed by atoms with Crippen LogP contribution in [0.5, 0.6) is 0 Å². The Morgan fingerprint density at radius 1 is 0.720 bits per heavy atom. The molecule has 2 aliphatic rings. The second-order valence-corrected chi connectivity index (χ2v) is 8.18. The predicted octanol–water partition coefficient (Wildman–Crippen LogP) is 5.95. The molecule has 0 radical (unpaired) electrons. The molecule has 3 aromatic rings. The highest BCUT2D eigenvalue weighted by Crippen LogP contribution is 2.55. The van der Waals surface area contributed by atoms with E-state index in [4.69, 9.17) is 0 Å². The Bertz CT molecular complexity index is 1030. The molecular weight excluding hydrogens is 304 g/mol. The first kappa shape index (κ1) is 14.7. The number of para-hydroxylation sites is 2. The summed E-state index contributed by atoms with van der Waals surface area (Å²) in [6.07, 6.45) is 0. The smallest absolute Gasteiger partial charge is 0.147 e. The van der Waals surface area contributed by atoms with E-state index >= 15 is 0 Å². The van der Waals surface area contributed by atoms with Crippen LogP contribution in [0.3, 0.4) is 0 Å². The number of quaternary nitrogens is 1. The van der Waals surface area contributed by atoms with Crippen molar-refractivity contribution < 1.29 is 0 Å². The first-order valence-electron chi connectivity index (χ1n) is 8.90. The van der Waals surface area contributed by atoms with Crippen molar-refractivity contribution in [2.24, 2.45) is 0 Å². The van der Waals surface area contributed by atoms with Crippen LogP contribution < -0.4 is 9.80 Å². The summed E-state index contributed by atoms with van der Waals surface area (Å²) in [5.74, 6) is 0. The van der Waals surface area contributed by atoms with Crippen LogP contribution >= 0.6 is 0 Å². The standard InChI is InChI=1S/C23H23N2/c1-23(2)17-10-6-7-11-19(17)24-20-14-22-16(13-18(20)23)15-9-5-8-12-21(15)25(22,3)4/h5-14,24H,1-4H3/q+1. The highest BCUT2D eigenvalue weighted by molar-refractivity contribution is 5.97. The first-order valence-corrected chi connectivity index (χ1v) is 8.90. The van der Waals surface area contributed by atoms with Gasteiger partial charge in [0.15, 0.2) is 0 Å². The minimum atomic E-state index is -0.0130. The maximum Gasteiger partial charge on any atom is 0.147 e. The highest BCUT2D eigenvalue weighted by atomic mass is 15.3. The third kappa shape index (κ3) is 1.78. The topological polar surface area (TPSA) is 12.0 Å². The minimum absolute atomic E-state index is 0.0130. The van der Waals surface area contributed by atoms with Crippen LogP contribution in [0.1, 0.15) is 25.0 Å². The van der Waals surface area contributed by atoms with Gasteiger partial charge in [0.25, 0.3) is 0 Å². The Morgan fingerprint density at radius 3 is 2.28 bits per heavy atom. The second kappa shape index (κ2) is 4.53. The molecule has 2 aliphatic heterocycles. The quantitative estimate of drug-likeness (QED) is 0.503. The third-order valence-corrected chi connectivity index (χ3v) is 6.08. The molecule has 25 heavy (non-hydrogen) atoms. The zero-order chi connectivity index (χ0) is 17.4. The normalized spacial score (nSPS) is 17.8. The van der Waals surface area contributed by atoms with E-state index in [-0.39, 0.29) is 5.41 Å². The first-order chi connectivity index (χ1) is 11.9. The molecule has 0 fully saturated rings. The van der Waals surface area contributed by atoms with Gasteiger partial charge in [0.1, 0.15) is 11.4 Å². The van der Waals surface area contributed by atoms with Crippen LogP contribution in [-0.2, 0) is 5.41 Å². The summed E-state index contributed by atoms with van der Waals surface area (Å²) in [6, 6.07) is 22.2. The second-order valence-electron chi connectivity index (χ2n) is 8.18. The summed E-state index contributed by atoms with van der Waals surface area (Å²) >= 11 is 0. The van der Waals surface area contributed by atoms with Crippen molar-refractivity contribution in [3.63, 3.8) is 0 Å². The molecule has 5 rings (SSSR count). The molecule has 0 aliphatic carbocycles. The van der Waals surface area contributed by atoms with Crippen LogP contribution in [0.4, 0.5) is 22.7 Å². The van der Waals surface area contributed by atoms with Gasteiger partial charge >= 0.3 is 0 Å². The highest BCUT2D eigenvalue weighted by Gasteiger charge is 2.41. The van der Waals surface area contributed by atoms with Crippen LogP contribution in [0.2, 0.25) is 0 Å². The zero-order valence-electron chi connectivity index (χ0n) is 15.2. The predicted molar refractivity (Wildman–Crippen MR) is 107 cm³/mol. The molecule has 1 N–H and O–H groups in total. The molecule has 0 saturated carbocycles. The summed E-state index contributed by atoms with van der Waals surface area (Å²) in [6.45, 7) is 4.66. The number of hydrogen-bond acceptors (Lipinski definition) is 1. The summed E-state index contributed by atoms with van der Waals surface area (Å²) < 4.78 is 0.794. The molecule has 2 nitrogen and oxygen atoms in total. The van der Waals surface area contributed by atoms with Crippen molar-refractivity contribution >= 4 is 22.7 Å². The van der Waals surface area contributed by atoms with Crippen LogP contribution in [0.25, 0.3) is 11.1 Å². The van der Waals surface area contributed by atoms with Gasteiger partial charge in [0.05, 0.1) is 14.1 Å². The maximum absolute atomic E-state index is 3.68. The van der Waals surface area contributed by atoms with E-state index < -0.39 is 0 Å². The molecule has 124 valence electrons. The van der Waals surface area contributed by atoms with Gasteiger partial charge in [-0.2, -0.15) is 0 Å². The van der Waals surface area contributed by atoms with E-state index in [1.807, 2.05) is 0 Å². The lowest BCUT2D eigenvalue weighted by Gasteiger charge is -2.36. The van der Waals surface area contributed by atoms with Crippen molar-refractivity contribution in [3.8, 4) is 11.1 Å². The molecule has 2 heterocycles. The fraction of sp³-hybridized carbons (Fsp3) is 0.217. The van der Waals surface area contributed by atoms with Crippen molar-refractivity contribution in [1.82, 2.24) is 4.48 Å². The Labute approximate surface area is 149 Å². The van der Waals surface area contributed by atoms with Gasteiger partial charge in [-0.05, 0) is 29.3 Å². The molecule has 0 atom stereocenters. The van der Waals surface area contributed by atoms with E-state index in [1.165, 1.54) is 45.0 Å². The molecule has 3 aromatic carbocycles. The van der Waals surface area contributed by atoms with Gasteiger partial charge in [-0.15, -0.1) is 0 Å². The van der Waals surface area contributed by atoms with E-state index in [1.54, 1.807) is 0 Å². The maximum atomic E-state index is 3.68. The Balaban J connectivity index is 1.81. The Morgan fingerprint density at radius 2 is 1.44 bits per heavy atom. The molecule has 0 unspecified atom stereocenters. The van der Waals surface area contributed by atoms with Crippen LogP contribution in [-0.4, -0.2) is 14.1 Å². The van der Waals surface area contributed by atoms with Gasteiger partial charge in [-0.25, -0.2) is 0 Å². The van der Waals surface area contributed by atoms with E-state index in [9.17, 15) is 0 Å². The molecular formula is C23H23N2+. The van der Waals surface area contributed by atoms with Gasteiger partial charge in [-0.3, -0.25) is 4.48 Å². The Kier molecular flexibility index (Phi) is 2.67. The fourth-order valence-corrected chi connectivity index (χ4v) is 4.63. The number of anilines is 2. The largest absolute Gasteiger partial charge is 0.355 e. The van der Waals surface area contributed by atoms with E-state index in [0.29, 0.717) is 0 Å². The van der Waals surface area contributed by atoms with Gasteiger partial charge in [-0.1, -0.05) is 44.2 Å². The van der Waals surface area contributed by atoms with Gasteiger partial charge < -0.3 is 5.32 Å². The third-order valence-electron chi connectivity index (χ3n) is 6.08. The van der Waals surface area contributed by atoms with Gasteiger partial charge in [0, 0.05) is 40.0 Å². The van der Waals surface area contributed by atoms with Crippen molar-refractivity contribution in [3.05, 3.63) is 71.8 Å². The van der Waals surface area contributed by atoms with Crippen molar-refractivity contribution in [2.75, 3.05) is 19.4 Å². The van der Waals surface area contributed by atoms with Gasteiger partial charge in [0.2, 0.25) is 0 Å². The Hall–Kier alpha value is -2.58. The summed E-state index contributed by atoms with van der Waals surface area (Å²) in [4.78, 5) is 0. The molecule has 2 heteroatoms. The average Bonchev–Trinajstić information content (AvgIpc) is 2.82. The molecule has 0 spiro atoms. The van der Waals surface area contributed by atoms with E-state index in [2.05, 4.69) is 93.9 Å². The summed E-state index contributed by atoms with van der Waals surface area (Å²) in [5, 5.41) is 3.68. The lowest BCUT2D eigenvalue weighted by Crippen LogP contribution is -2.32. The fourth-order valence-electron chi connectivity index (χ4n) is 4.63. The monoisotopic (exact) mass is 327 g/mol. The number of benzene rings is 3. The van der Waals surface area contributed by atoms with Crippen molar-refractivity contribution in [2.45, 2.75) is 19.3 Å². The number of fused-ring (bicyclic) bond motifs is 5. The number of nitrogens with zero attached hydrogens (tertiary/aromatic N) is 1. The molecule has 0 saturated heterocycles. The van der Waals surface area contributed by atoms with E-state index in [0.717, 1.165) is 4.48 Å². The lowest BCUT2D eigenvalue weighted by molar-refractivity contribution is 0.567. The number of nitrogens with one attached hydrogen (secondary N) is 1. The zero-order valence-corrected chi connectivity index (χ0v) is 15.2. The average molecular weight is 327 g/mol. The number of rotatable bonds is 0. The minimum Gasteiger partial charge on any atom is -0.355 e. The summed E-state index contributed by atoms with van der Waals surface area (Å²) in [5.41, 5.74) is 10.7. The number of hydrogen-bond donors (Lipinski definition) is 1. The molecule has 0 bridgehead atoms. The SMILES string of the molecule is CC1(C)c2ccccc2Nc2cc3c(cc21)-c1ccccc1[N+]3(C)C.